The van der Waals surface area contributed by atoms with E-state index in [1.807, 2.05) is 18.2 Å². The molecule has 23 heavy (non-hydrogen) atoms. The van der Waals surface area contributed by atoms with Crippen LogP contribution in [0.15, 0.2) is 18.2 Å². The zero-order chi connectivity index (χ0) is 16.4. The Labute approximate surface area is 137 Å². The predicted molar refractivity (Wildman–Crippen MR) is 88.5 cm³/mol. The van der Waals surface area contributed by atoms with Crippen LogP contribution in [-0.2, 0) is 10.2 Å². The van der Waals surface area contributed by atoms with Crippen molar-refractivity contribution in [1.82, 2.24) is 5.32 Å². The van der Waals surface area contributed by atoms with Crippen LogP contribution in [0.4, 0.5) is 0 Å². The van der Waals surface area contributed by atoms with E-state index in [1.165, 1.54) is 0 Å². The minimum absolute atomic E-state index is 0.0983. The molecular weight excluding hydrogens is 292 g/mol. The molecule has 0 spiro atoms. The van der Waals surface area contributed by atoms with Crippen LogP contribution in [0.2, 0.25) is 0 Å². The molecule has 2 aliphatic rings. The Balaban J connectivity index is 1.56. The van der Waals surface area contributed by atoms with Gasteiger partial charge in [-0.1, -0.05) is 26.3 Å². The second-order valence-electron chi connectivity index (χ2n) is 7.29. The lowest BCUT2D eigenvalue weighted by Gasteiger charge is -2.26. The van der Waals surface area contributed by atoms with Crippen LogP contribution < -0.4 is 20.5 Å². The summed E-state index contributed by atoms with van der Waals surface area (Å²) in [7, 11) is 0. The van der Waals surface area contributed by atoms with Crippen molar-refractivity contribution in [3.05, 3.63) is 23.8 Å². The lowest BCUT2D eigenvalue weighted by Crippen LogP contribution is -2.38. The third kappa shape index (κ3) is 3.61. The molecule has 3 N–H and O–H groups in total. The Kier molecular flexibility index (Phi) is 4.48. The normalized spacial score (nSPS) is 23.1. The van der Waals surface area contributed by atoms with Crippen LogP contribution in [0, 0.1) is 5.92 Å². The fourth-order valence-corrected chi connectivity index (χ4v) is 3.37. The third-order valence-electron chi connectivity index (χ3n) is 5.05. The van der Waals surface area contributed by atoms with Gasteiger partial charge in [0.25, 0.3) is 0 Å². The topological polar surface area (TPSA) is 73.6 Å². The number of nitrogens with two attached hydrogens (primary N) is 1. The van der Waals surface area contributed by atoms with Crippen LogP contribution >= 0.6 is 0 Å². The van der Waals surface area contributed by atoms with Gasteiger partial charge in [0.1, 0.15) is 0 Å². The lowest BCUT2D eigenvalue weighted by atomic mass is 9.84. The molecule has 1 amide bonds. The van der Waals surface area contributed by atoms with Crippen molar-refractivity contribution in [2.45, 2.75) is 51.0 Å². The second kappa shape index (κ2) is 6.40. The van der Waals surface area contributed by atoms with E-state index >= 15 is 0 Å². The maximum Gasteiger partial charge on any atom is 0.231 e. The predicted octanol–water partition coefficient (Wildman–Crippen LogP) is 2.33. The van der Waals surface area contributed by atoms with Gasteiger partial charge in [0, 0.05) is 24.4 Å². The molecular formula is C18H26N2O3. The number of carbonyl (C=O) groups excluding carboxylic acids is 1. The standard InChI is InChI=1S/C18H26N2O3/c1-18(2,13-6-7-15-16(9-13)23-11-22-15)10-20-17(21)8-12-4-3-5-14(12)19/h6-7,9,12,14H,3-5,8,10-11,19H2,1-2H3,(H,20,21)/t12-,14+/m0/s1. The molecule has 0 aromatic heterocycles. The minimum atomic E-state index is -0.172. The molecule has 0 bridgehead atoms. The molecule has 0 saturated heterocycles. The summed E-state index contributed by atoms with van der Waals surface area (Å²) in [5, 5.41) is 3.07. The third-order valence-corrected chi connectivity index (χ3v) is 5.05. The molecule has 3 rings (SSSR count). The van der Waals surface area contributed by atoms with E-state index in [0.717, 1.165) is 36.3 Å². The van der Waals surface area contributed by atoms with Gasteiger partial charge in [-0.05, 0) is 36.5 Å². The maximum atomic E-state index is 12.2. The highest BCUT2D eigenvalue weighted by Crippen LogP contribution is 2.36. The first-order valence-corrected chi connectivity index (χ1v) is 8.38. The van der Waals surface area contributed by atoms with Gasteiger partial charge in [0.2, 0.25) is 12.7 Å². The summed E-state index contributed by atoms with van der Waals surface area (Å²) in [5.74, 6) is 1.99. The number of benzene rings is 1. The molecule has 0 radical (unpaired) electrons. The van der Waals surface area contributed by atoms with Gasteiger partial charge in [-0.3, -0.25) is 4.79 Å². The van der Waals surface area contributed by atoms with Crippen LogP contribution in [0.1, 0.15) is 45.1 Å². The van der Waals surface area contributed by atoms with E-state index in [0.29, 0.717) is 18.9 Å². The fraction of sp³-hybridized carbons (Fsp3) is 0.611. The van der Waals surface area contributed by atoms with Crippen molar-refractivity contribution < 1.29 is 14.3 Å². The minimum Gasteiger partial charge on any atom is -0.454 e. The molecule has 5 heteroatoms. The number of ether oxygens (including phenoxy) is 2. The quantitative estimate of drug-likeness (QED) is 0.874. The number of rotatable bonds is 5. The van der Waals surface area contributed by atoms with Crippen molar-refractivity contribution in [3.8, 4) is 11.5 Å². The number of carbonyl (C=O) groups is 1. The fourth-order valence-electron chi connectivity index (χ4n) is 3.37. The highest BCUT2D eigenvalue weighted by atomic mass is 16.7. The highest BCUT2D eigenvalue weighted by molar-refractivity contribution is 5.76. The number of hydrogen-bond acceptors (Lipinski definition) is 4. The molecule has 5 nitrogen and oxygen atoms in total. The second-order valence-corrected chi connectivity index (χ2v) is 7.29. The van der Waals surface area contributed by atoms with Gasteiger partial charge in [0.05, 0.1) is 0 Å². The van der Waals surface area contributed by atoms with Gasteiger partial charge in [-0.15, -0.1) is 0 Å². The number of nitrogens with one attached hydrogen (secondary N) is 1. The average molecular weight is 318 g/mol. The Morgan fingerprint density at radius 2 is 2.09 bits per heavy atom. The number of fused-ring (bicyclic) bond motifs is 1. The summed E-state index contributed by atoms with van der Waals surface area (Å²) in [5.41, 5.74) is 7.00. The Morgan fingerprint density at radius 1 is 1.30 bits per heavy atom. The van der Waals surface area contributed by atoms with E-state index in [2.05, 4.69) is 19.2 Å². The van der Waals surface area contributed by atoms with Gasteiger partial charge < -0.3 is 20.5 Å². The SMILES string of the molecule is CC(C)(CNC(=O)C[C@@H]1CCC[C@H]1N)c1ccc2c(c1)OCO2. The monoisotopic (exact) mass is 318 g/mol. The van der Waals surface area contributed by atoms with E-state index in [4.69, 9.17) is 15.2 Å². The van der Waals surface area contributed by atoms with Crippen LogP contribution in [0.25, 0.3) is 0 Å². The van der Waals surface area contributed by atoms with E-state index in [-0.39, 0.29) is 24.2 Å². The molecule has 1 aliphatic carbocycles. The zero-order valence-electron chi connectivity index (χ0n) is 13.9. The first-order valence-electron chi connectivity index (χ1n) is 8.38. The molecule has 1 aromatic rings. The van der Waals surface area contributed by atoms with Crippen LogP contribution in [0.5, 0.6) is 11.5 Å². The molecule has 1 saturated carbocycles. The van der Waals surface area contributed by atoms with Crippen molar-refractivity contribution in [1.29, 1.82) is 0 Å². The average Bonchev–Trinajstić information content (AvgIpc) is 3.14. The maximum absolute atomic E-state index is 12.2. The van der Waals surface area contributed by atoms with Crippen molar-refractivity contribution >= 4 is 5.91 Å². The molecule has 1 heterocycles. The Morgan fingerprint density at radius 3 is 2.83 bits per heavy atom. The smallest absolute Gasteiger partial charge is 0.231 e. The molecule has 126 valence electrons. The van der Waals surface area contributed by atoms with Crippen molar-refractivity contribution in [2.24, 2.45) is 11.7 Å². The summed E-state index contributed by atoms with van der Waals surface area (Å²) in [4.78, 5) is 12.2. The van der Waals surface area contributed by atoms with Gasteiger partial charge in [0.15, 0.2) is 11.5 Å². The molecule has 1 fully saturated rings. The van der Waals surface area contributed by atoms with Gasteiger partial charge >= 0.3 is 0 Å². The first kappa shape index (κ1) is 16.1. The summed E-state index contributed by atoms with van der Waals surface area (Å²) in [6.45, 7) is 5.10. The van der Waals surface area contributed by atoms with Gasteiger partial charge in [-0.25, -0.2) is 0 Å². The molecule has 1 aliphatic heterocycles. The lowest BCUT2D eigenvalue weighted by molar-refractivity contribution is -0.122. The molecule has 0 unspecified atom stereocenters. The Bertz CT molecular complexity index is 586. The molecule has 1 aromatic carbocycles. The van der Waals surface area contributed by atoms with Gasteiger partial charge in [-0.2, -0.15) is 0 Å². The zero-order valence-corrected chi connectivity index (χ0v) is 13.9. The number of hydrogen-bond donors (Lipinski definition) is 2. The van der Waals surface area contributed by atoms with Crippen LogP contribution in [-0.4, -0.2) is 25.3 Å². The summed E-state index contributed by atoms with van der Waals surface area (Å²) in [6.07, 6.45) is 3.79. The van der Waals surface area contributed by atoms with E-state index in [1.54, 1.807) is 0 Å². The van der Waals surface area contributed by atoms with E-state index in [9.17, 15) is 4.79 Å². The highest BCUT2D eigenvalue weighted by Gasteiger charge is 2.28. The summed E-state index contributed by atoms with van der Waals surface area (Å²) in [6, 6.07) is 6.15. The largest absolute Gasteiger partial charge is 0.454 e. The number of amides is 1. The van der Waals surface area contributed by atoms with Crippen molar-refractivity contribution in [2.75, 3.05) is 13.3 Å². The summed E-state index contributed by atoms with van der Waals surface area (Å²) < 4.78 is 10.8. The van der Waals surface area contributed by atoms with E-state index < -0.39 is 0 Å². The molecule has 2 atom stereocenters. The first-order chi connectivity index (χ1) is 11.0. The van der Waals surface area contributed by atoms with Crippen molar-refractivity contribution in [3.63, 3.8) is 0 Å². The Hall–Kier alpha value is -1.75. The van der Waals surface area contributed by atoms with Crippen LogP contribution in [0.3, 0.4) is 0 Å². The summed E-state index contributed by atoms with van der Waals surface area (Å²) >= 11 is 0.